The normalized spacial score (nSPS) is 12.7. The molecule has 0 atom stereocenters. The van der Waals surface area contributed by atoms with Crippen LogP contribution in [-0.2, 0) is 48.8 Å². The third-order valence-corrected chi connectivity index (χ3v) is 9.18. The first-order valence-corrected chi connectivity index (χ1v) is 17.1. The monoisotopic (exact) mass is 671 g/mol. The highest BCUT2D eigenvalue weighted by molar-refractivity contribution is 7.91. The zero-order chi connectivity index (χ0) is 30.5. The second-order valence-electron chi connectivity index (χ2n) is 7.65. The molecule has 22 heteroatoms. The number of sulfone groups is 2. The molecule has 17 nitrogen and oxygen atoms in total. The highest BCUT2D eigenvalue weighted by Crippen LogP contribution is 2.22. The van der Waals surface area contributed by atoms with E-state index in [1.54, 1.807) is 0 Å². The standard InChI is InChI=1S/C19H20ClN5O12S4/c20-17-23-18(21-13-1-5-15(6-2-13)38(26,27)11-9-36-40(30,31)32)25-19(24-17)22-14-3-7-16(8-4-14)39(28,29)12-10-37-41(33,34)35/h1-8H,9-12H2,(H,30,31,32)(H,33,34,35)(H2,21,22,23,24,25)/p-2. The van der Waals surface area contributed by atoms with Crippen LogP contribution in [0.25, 0.3) is 0 Å². The van der Waals surface area contributed by atoms with Gasteiger partial charge in [0, 0.05) is 11.4 Å². The summed E-state index contributed by atoms with van der Waals surface area (Å²) in [4.78, 5) is 11.6. The van der Waals surface area contributed by atoms with E-state index in [1.165, 1.54) is 48.5 Å². The lowest BCUT2D eigenvalue weighted by atomic mass is 10.3. The van der Waals surface area contributed by atoms with Gasteiger partial charge in [0.15, 0.2) is 19.7 Å². The Morgan fingerprint density at radius 2 is 0.951 bits per heavy atom. The summed E-state index contributed by atoms with van der Waals surface area (Å²) in [6.07, 6.45) is 0. The Labute approximate surface area is 239 Å². The van der Waals surface area contributed by atoms with E-state index in [0.717, 1.165) is 0 Å². The van der Waals surface area contributed by atoms with Crippen LogP contribution in [-0.4, -0.2) is 82.4 Å². The summed E-state index contributed by atoms with van der Waals surface area (Å²) >= 11 is 5.96. The molecule has 224 valence electrons. The van der Waals surface area contributed by atoms with Gasteiger partial charge in [0.05, 0.1) is 34.5 Å². The summed E-state index contributed by atoms with van der Waals surface area (Å²) < 4.78 is 120. The molecule has 2 N–H and O–H groups in total. The first kappa shape index (κ1) is 32.5. The molecule has 0 fully saturated rings. The molecule has 1 heterocycles. The van der Waals surface area contributed by atoms with Gasteiger partial charge in [-0.1, -0.05) is 0 Å². The van der Waals surface area contributed by atoms with Crippen molar-refractivity contribution in [1.82, 2.24) is 15.0 Å². The predicted octanol–water partition coefficient (Wildman–Crippen LogP) is 0.513. The SMILES string of the molecule is O=S(=O)([O-])OCCS(=O)(=O)c1ccc(Nc2nc(Cl)nc(Nc3ccc(S(=O)(=O)CCOS(=O)(=O)[O-])cc3)n2)cc1. The molecule has 0 unspecified atom stereocenters. The number of benzene rings is 2. The lowest BCUT2D eigenvalue weighted by molar-refractivity contribution is 0.274. The Bertz CT molecular complexity index is 1690. The Hall–Kier alpha value is -3.02. The number of hydrogen-bond donors (Lipinski definition) is 2. The van der Waals surface area contributed by atoms with Crippen LogP contribution in [0.4, 0.5) is 23.3 Å². The second kappa shape index (κ2) is 12.9. The molecule has 1 aromatic heterocycles. The van der Waals surface area contributed by atoms with E-state index in [1.807, 2.05) is 0 Å². The molecular weight excluding hydrogens is 654 g/mol. The largest absolute Gasteiger partial charge is 0.726 e. The smallest absolute Gasteiger partial charge is 0.233 e. The minimum Gasteiger partial charge on any atom is -0.726 e. The summed E-state index contributed by atoms with van der Waals surface area (Å²) in [5, 5.41) is 5.35. The topological polar surface area (TPSA) is 264 Å². The van der Waals surface area contributed by atoms with Gasteiger partial charge in [-0.15, -0.1) is 0 Å². The van der Waals surface area contributed by atoms with Gasteiger partial charge < -0.3 is 19.7 Å². The van der Waals surface area contributed by atoms with Crippen LogP contribution in [0.3, 0.4) is 0 Å². The van der Waals surface area contributed by atoms with Gasteiger partial charge in [-0.05, 0) is 60.1 Å². The number of anilines is 4. The molecule has 3 rings (SSSR count). The Balaban J connectivity index is 1.66. The summed E-state index contributed by atoms with van der Waals surface area (Å²) in [6.45, 7) is -1.68. The van der Waals surface area contributed by atoms with Crippen LogP contribution >= 0.6 is 11.6 Å². The Kier molecular flexibility index (Phi) is 10.2. The third-order valence-electron chi connectivity index (χ3n) is 4.71. The van der Waals surface area contributed by atoms with Crippen LogP contribution in [0, 0.1) is 0 Å². The average Bonchev–Trinajstić information content (AvgIpc) is 2.82. The minimum absolute atomic E-state index is 0.0512. The van der Waals surface area contributed by atoms with E-state index in [2.05, 4.69) is 34.0 Å². The average molecular weight is 672 g/mol. The number of rotatable bonds is 14. The van der Waals surface area contributed by atoms with Crippen LogP contribution in [0.2, 0.25) is 5.28 Å². The summed E-state index contributed by atoms with van der Waals surface area (Å²) in [5.74, 6) is -1.59. The number of nitrogens with one attached hydrogen (secondary N) is 2. The van der Waals surface area contributed by atoms with Crippen LogP contribution in [0.1, 0.15) is 0 Å². The maximum Gasteiger partial charge on any atom is 0.233 e. The maximum absolute atomic E-state index is 12.3. The van der Waals surface area contributed by atoms with Gasteiger partial charge in [0.2, 0.25) is 38.0 Å². The van der Waals surface area contributed by atoms with Gasteiger partial charge in [-0.3, -0.25) is 8.37 Å². The quantitative estimate of drug-likeness (QED) is 0.174. The van der Waals surface area contributed by atoms with Gasteiger partial charge in [-0.25, -0.2) is 33.7 Å². The first-order valence-electron chi connectivity index (χ1n) is 10.7. The molecule has 0 saturated heterocycles. The third kappa shape index (κ3) is 10.7. The zero-order valence-electron chi connectivity index (χ0n) is 20.2. The van der Waals surface area contributed by atoms with Gasteiger partial charge >= 0.3 is 0 Å². The zero-order valence-corrected chi connectivity index (χ0v) is 24.2. The molecule has 2 aromatic carbocycles. The first-order chi connectivity index (χ1) is 18.9. The van der Waals surface area contributed by atoms with Crippen LogP contribution in [0.15, 0.2) is 58.3 Å². The van der Waals surface area contributed by atoms with E-state index in [4.69, 9.17) is 11.6 Å². The second-order valence-corrected chi connectivity index (χ2v) is 14.3. The van der Waals surface area contributed by atoms with E-state index < -0.39 is 65.2 Å². The number of aromatic nitrogens is 3. The van der Waals surface area contributed by atoms with E-state index in [-0.39, 0.29) is 27.0 Å². The van der Waals surface area contributed by atoms with Gasteiger partial charge in [0.25, 0.3) is 0 Å². The predicted molar refractivity (Wildman–Crippen MR) is 140 cm³/mol. The highest BCUT2D eigenvalue weighted by Gasteiger charge is 2.17. The molecule has 3 aromatic rings. The number of nitrogens with zero attached hydrogens (tertiary/aromatic N) is 3. The molecule has 0 amide bonds. The van der Waals surface area contributed by atoms with Gasteiger partial charge in [-0.2, -0.15) is 15.0 Å². The van der Waals surface area contributed by atoms with Crippen molar-refractivity contribution < 1.29 is 51.1 Å². The summed E-state index contributed by atoms with van der Waals surface area (Å²) in [7, 11) is -18.0. The number of halogens is 1. The fraction of sp³-hybridized carbons (Fsp3) is 0.211. The van der Waals surface area contributed by atoms with E-state index in [9.17, 15) is 42.8 Å². The molecule has 0 radical (unpaired) electrons. The van der Waals surface area contributed by atoms with Crippen molar-refractivity contribution in [1.29, 1.82) is 0 Å². The summed E-state index contributed by atoms with van der Waals surface area (Å²) in [5.41, 5.74) is 0.665. The fourth-order valence-corrected chi connectivity index (χ4v) is 6.06. The molecule has 0 aliphatic carbocycles. The number of hydrogen-bond acceptors (Lipinski definition) is 17. The molecular formula is C19H18ClN5O12S4-2. The fourth-order valence-electron chi connectivity index (χ4n) is 2.94. The molecule has 0 spiro atoms. The molecule has 0 bridgehead atoms. The Morgan fingerprint density at radius 1 is 0.610 bits per heavy atom. The van der Waals surface area contributed by atoms with E-state index >= 15 is 0 Å². The summed E-state index contributed by atoms with van der Waals surface area (Å²) in [6, 6.07) is 10.3. The molecule has 41 heavy (non-hydrogen) atoms. The van der Waals surface area contributed by atoms with Crippen molar-refractivity contribution >= 4 is 75.3 Å². The lowest BCUT2D eigenvalue weighted by Crippen LogP contribution is -2.15. The molecule has 0 saturated carbocycles. The van der Waals surface area contributed by atoms with Crippen molar-refractivity contribution in [3.8, 4) is 0 Å². The lowest BCUT2D eigenvalue weighted by Gasteiger charge is -2.11. The van der Waals surface area contributed by atoms with Crippen molar-refractivity contribution in [2.24, 2.45) is 0 Å². The van der Waals surface area contributed by atoms with Crippen molar-refractivity contribution in [2.75, 3.05) is 35.4 Å². The Morgan fingerprint density at radius 3 is 1.27 bits per heavy atom. The van der Waals surface area contributed by atoms with Crippen LogP contribution < -0.4 is 10.6 Å². The van der Waals surface area contributed by atoms with E-state index in [0.29, 0.717) is 11.4 Å². The van der Waals surface area contributed by atoms with Crippen molar-refractivity contribution in [2.45, 2.75) is 9.79 Å². The van der Waals surface area contributed by atoms with Crippen molar-refractivity contribution in [3.63, 3.8) is 0 Å². The van der Waals surface area contributed by atoms with Crippen LogP contribution in [0.5, 0.6) is 0 Å². The van der Waals surface area contributed by atoms with Gasteiger partial charge in [0.1, 0.15) is 0 Å². The highest BCUT2D eigenvalue weighted by atomic mass is 35.5. The molecule has 0 aliphatic rings. The molecule has 0 aliphatic heterocycles. The van der Waals surface area contributed by atoms with Crippen molar-refractivity contribution in [3.05, 3.63) is 53.8 Å². The maximum atomic E-state index is 12.3. The minimum atomic E-state index is -5.03.